The molecule has 10 heteroatoms. The number of rotatable bonds is 10. The number of hydrogen-bond acceptors (Lipinski definition) is 4. The van der Waals surface area contributed by atoms with E-state index in [2.05, 4.69) is 15.1 Å². The van der Waals surface area contributed by atoms with Gasteiger partial charge in [-0.05, 0) is 24.0 Å². The van der Waals surface area contributed by atoms with Crippen LogP contribution in [0.3, 0.4) is 0 Å². The summed E-state index contributed by atoms with van der Waals surface area (Å²) in [6.45, 7) is 3.13. The van der Waals surface area contributed by atoms with Gasteiger partial charge in [-0.15, -0.1) is 0 Å². The van der Waals surface area contributed by atoms with Gasteiger partial charge in [0, 0.05) is 24.4 Å². The van der Waals surface area contributed by atoms with Gasteiger partial charge in [0.2, 0.25) is 11.7 Å². The van der Waals surface area contributed by atoms with Gasteiger partial charge in [0.25, 0.3) is 0 Å². The van der Waals surface area contributed by atoms with Gasteiger partial charge in [-0.1, -0.05) is 26.0 Å². The summed E-state index contributed by atoms with van der Waals surface area (Å²) in [6, 6.07) is 4.42. The summed E-state index contributed by atoms with van der Waals surface area (Å²) in [5.74, 6) is -3.99. The maximum Gasteiger partial charge on any atom is 0.329 e. The summed E-state index contributed by atoms with van der Waals surface area (Å²) in [5.41, 5.74) is 7.34. The molecule has 160 valence electrons. The summed E-state index contributed by atoms with van der Waals surface area (Å²) < 4.78 is 13.8. The lowest BCUT2D eigenvalue weighted by molar-refractivity contribution is -0.152. The van der Waals surface area contributed by atoms with Crippen LogP contribution in [0, 0.1) is 11.7 Å². The lowest BCUT2D eigenvalue weighted by Gasteiger charge is -2.34. The van der Waals surface area contributed by atoms with Gasteiger partial charge in [-0.25, -0.2) is 9.18 Å². The second-order valence-corrected chi connectivity index (χ2v) is 7.33. The first-order chi connectivity index (χ1) is 14.1. The predicted molar refractivity (Wildman–Crippen MR) is 105 cm³/mol. The molecule has 2 atom stereocenters. The summed E-state index contributed by atoms with van der Waals surface area (Å²) in [4.78, 5) is 41.6. The number of carbonyl (C=O) groups excluding carboxylic acids is 2. The molecule has 1 amide bonds. The van der Waals surface area contributed by atoms with Gasteiger partial charge in [-0.2, -0.15) is 4.79 Å². The van der Waals surface area contributed by atoms with E-state index in [1.54, 1.807) is 19.9 Å². The fraction of sp³-hybridized carbons (Fsp3) is 0.400. The van der Waals surface area contributed by atoms with Crippen LogP contribution in [0.15, 0.2) is 24.4 Å². The monoisotopic (exact) mass is 418 g/mol. The van der Waals surface area contributed by atoms with E-state index < -0.39 is 41.0 Å². The highest BCUT2D eigenvalue weighted by Gasteiger charge is 2.44. The topological polar surface area (TPSA) is 156 Å². The molecule has 1 aromatic heterocycles. The smallest absolute Gasteiger partial charge is 0.329 e. The Bertz CT molecular complexity index is 1010. The summed E-state index contributed by atoms with van der Waals surface area (Å²) in [5, 5.41) is 23.0. The summed E-state index contributed by atoms with van der Waals surface area (Å²) >= 11 is 0. The van der Waals surface area contributed by atoms with Crippen molar-refractivity contribution in [1.82, 2.24) is 10.3 Å². The number of H-pyrrole nitrogens is 1. The lowest BCUT2D eigenvalue weighted by atomic mass is 9.81. The van der Waals surface area contributed by atoms with Crippen molar-refractivity contribution in [1.29, 1.82) is 0 Å². The summed E-state index contributed by atoms with van der Waals surface area (Å²) in [7, 11) is 0. The van der Waals surface area contributed by atoms with E-state index in [0.717, 1.165) is 0 Å². The molecule has 2 rings (SSSR count). The first-order valence-electron chi connectivity index (χ1n) is 9.30. The highest BCUT2D eigenvalue weighted by Crippen LogP contribution is 2.25. The number of ketones is 1. The summed E-state index contributed by atoms with van der Waals surface area (Å²) in [6.07, 6.45) is -0.184. The van der Waals surface area contributed by atoms with Crippen LogP contribution in [0.25, 0.3) is 16.4 Å². The number of aliphatic hydroxyl groups excluding tert-OH is 1. The van der Waals surface area contributed by atoms with E-state index in [4.69, 9.17) is 5.53 Å². The number of Topliss-reactive ketones (excluding diaryl/α,β-unsaturated/α-hetero) is 1. The minimum absolute atomic E-state index is 0.167. The number of fused-ring (bicyclic) bond motifs is 1. The van der Waals surface area contributed by atoms with Gasteiger partial charge >= 0.3 is 12.2 Å². The average Bonchev–Trinajstić information content (AvgIpc) is 3.08. The third-order valence-electron chi connectivity index (χ3n) is 5.15. The minimum atomic E-state index is -1.82. The third-order valence-corrected chi connectivity index (χ3v) is 5.15. The van der Waals surface area contributed by atoms with Crippen LogP contribution in [0.5, 0.6) is 0 Å². The molecular formula is C20H23FN4O5. The number of amides is 1. The van der Waals surface area contributed by atoms with Crippen molar-refractivity contribution in [3.8, 4) is 0 Å². The van der Waals surface area contributed by atoms with Crippen molar-refractivity contribution in [3.63, 3.8) is 0 Å². The van der Waals surface area contributed by atoms with Crippen molar-refractivity contribution in [3.05, 3.63) is 41.3 Å². The number of aromatic nitrogens is 1. The second kappa shape index (κ2) is 9.43. The van der Waals surface area contributed by atoms with E-state index >= 15 is 0 Å². The van der Waals surface area contributed by atoms with Crippen LogP contribution in [-0.2, 0) is 20.8 Å². The number of para-hydroxylation sites is 1. The van der Waals surface area contributed by atoms with Crippen LogP contribution in [0.1, 0.15) is 32.3 Å². The van der Waals surface area contributed by atoms with E-state index in [-0.39, 0.29) is 24.8 Å². The first-order valence-corrected chi connectivity index (χ1v) is 9.30. The quantitative estimate of drug-likeness (QED) is 0.261. The zero-order valence-corrected chi connectivity index (χ0v) is 16.6. The van der Waals surface area contributed by atoms with Gasteiger partial charge in [-0.3, -0.25) is 9.59 Å². The molecule has 0 saturated heterocycles. The molecule has 0 radical (unpaired) electrons. The Morgan fingerprint density at radius 3 is 2.67 bits per heavy atom. The molecule has 1 heterocycles. The Morgan fingerprint density at radius 2 is 2.07 bits per heavy atom. The van der Waals surface area contributed by atoms with Gasteiger partial charge in [0.05, 0.1) is 5.52 Å². The number of carboxylic acid groups (broad SMARTS) is 1. The molecule has 2 aromatic rings. The molecule has 1 aromatic carbocycles. The van der Waals surface area contributed by atoms with E-state index in [9.17, 15) is 29.0 Å². The van der Waals surface area contributed by atoms with Gasteiger partial charge < -0.3 is 26.0 Å². The fourth-order valence-electron chi connectivity index (χ4n) is 3.30. The molecule has 0 aliphatic heterocycles. The Hall–Kier alpha value is -3.36. The molecule has 4 N–H and O–H groups in total. The number of benzene rings is 1. The number of aliphatic hydroxyl groups is 1. The van der Waals surface area contributed by atoms with Crippen molar-refractivity contribution >= 4 is 34.8 Å². The number of hydrogen-bond donors (Lipinski definition) is 4. The van der Waals surface area contributed by atoms with E-state index in [1.165, 1.54) is 18.3 Å². The first kappa shape index (κ1) is 22.9. The molecular weight excluding hydrogens is 395 g/mol. The van der Waals surface area contributed by atoms with Crippen molar-refractivity contribution in [2.45, 2.75) is 44.8 Å². The lowest BCUT2D eigenvalue weighted by Crippen LogP contribution is -2.60. The molecule has 0 spiro atoms. The SMILES string of the molecule is CC(C)[C@](CCC(=O)C=[N+]=[N-])(NC(=O)[C@@H](O)Cc1c[nH]c2c(F)cccc12)C(=O)O. The molecule has 9 nitrogen and oxygen atoms in total. The van der Waals surface area contributed by atoms with Crippen LogP contribution < -0.4 is 5.32 Å². The van der Waals surface area contributed by atoms with Crippen molar-refractivity contribution in [2.24, 2.45) is 5.92 Å². The highest BCUT2D eigenvalue weighted by molar-refractivity contribution is 6.25. The largest absolute Gasteiger partial charge is 0.479 e. The number of nitrogens with zero attached hydrogens (tertiary/aromatic N) is 2. The minimum Gasteiger partial charge on any atom is -0.479 e. The Morgan fingerprint density at radius 1 is 1.37 bits per heavy atom. The van der Waals surface area contributed by atoms with E-state index in [0.29, 0.717) is 17.2 Å². The number of aliphatic carboxylic acids is 1. The number of halogens is 1. The second-order valence-electron chi connectivity index (χ2n) is 7.33. The van der Waals surface area contributed by atoms with Gasteiger partial charge in [0.1, 0.15) is 17.5 Å². The third kappa shape index (κ3) is 4.79. The maximum atomic E-state index is 13.8. The number of carboxylic acids is 1. The predicted octanol–water partition coefficient (Wildman–Crippen LogP) is 1.46. The standard InChI is InChI=1S/C20H23FN4O5/c1-11(2)20(19(29)30,7-6-13(26)10-24-22)25-18(28)16(27)8-12-9-23-17-14(12)4-3-5-15(17)21/h3-5,9-11,16,23,27H,6-8H2,1-2H3,(H,25,28)(H,29,30)/t16-,20-/m0/s1. The molecule has 0 aliphatic rings. The molecule has 30 heavy (non-hydrogen) atoms. The highest BCUT2D eigenvalue weighted by atomic mass is 19.1. The van der Waals surface area contributed by atoms with Crippen LogP contribution in [-0.4, -0.2) is 55.5 Å². The van der Waals surface area contributed by atoms with Crippen LogP contribution in [0.2, 0.25) is 0 Å². The molecule has 0 bridgehead atoms. The fourth-order valence-corrected chi connectivity index (χ4v) is 3.30. The zero-order valence-electron chi connectivity index (χ0n) is 16.6. The Labute approximate surface area is 171 Å². The maximum absolute atomic E-state index is 13.8. The Kier molecular flexibility index (Phi) is 7.20. The zero-order chi connectivity index (χ0) is 22.5. The normalized spacial score (nSPS) is 14.0. The number of nitrogens with one attached hydrogen (secondary N) is 2. The molecule has 0 saturated carbocycles. The van der Waals surface area contributed by atoms with Crippen LogP contribution in [0.4, 0.5) is 4.39 Å². The van der Waals surface area contributed by atoms with Crippen molar-refractivity contribution in [2.75, 3.05) is 0 Å². The molecule has 0 aliphatic carbocycles. The molecule has 0 unspecified atom stereocenters. The number of aromatic amines is 1. The average molecular weight is 418 g/mol. The Balaban J connectivity index is 2.20. The number of carbonyl (C=O) groups is 3. The van der Waals surface area contributed by atoms with Gasteiger partial charge in [0.15, 0.2) is 0 Å². The molecule has 0 fully saturated rings. The van der Waals surface area contributed by atoms with Crippen molar-refractivity contribution < 1.29 is 33.8 Å². The van der Waals surface area contributed by atoms with Crippen LogP contribution >= 0.6 is 0 Å². The van der Waals surface area contributed by atoms with E-state index in [1.807, 2.05) is 0 Å².